The van der Waals surface area contributed by atoms with Crippen molar-refractivity contribution in [2.24, 2.45) is 0 Å². The van der Waals surface area contributed by atoms with Crippen LogP contribution in [0.25, 0.3) is 21.8 Å². The zero-order chi connectivity index (χ0) is 25.0. The third kappa shape index (κ3) is 5.54. The summed E-state index contributed by atoms with van der Waals surface area (Å²) in [5, 5.41) is 2.44. The summed E-state index contributed by atoms with van der Waals surface area (Å²) in [6, 6.07) is 31.3. The number of hydrogen-bond donors (Lipinski definition) is 0. The highest BCUT2D eigenvalue weighted by Gasteiger charge is 2.14. The molecule has 0 fully saturated rings. The first-order chi connectivity index (χ1) is 17.5. The van der Waals surface area contributed by atoms with Gasteiger partial charge in [-0.15, -0.1) is 0 Å². The number of ether oxygens (including phenoxy) is 2. The van der Waals surface area contributed by atoms with Crippen LogP contribution in [0.3, 0.4) is 0 Å². The Labute approximate surface area is 213 Å². The van der Waals surface area contributed by atoms with Gasteiger partial charge in [0.05, 0.1) is 17.6 Å². The fraction of sp³-hybridized carbons (Fsp3) is 0.281. The summed E-state index contributed by atoms with van der Waals surface area (Å²) in [4.78, 5) is 4.87. The largest absolute Gasteiger partial charge is 0.494 e. The number of unbranched alkanes of at least 4 members (excludes halogenated alkanes) is 1. The highest BCUT2D eigenvalue weighted by molar-refractivity contribution is 5.83. The van der Waals surface area contributed by atoms with Crippen LogP contribution in [-0.2, 0) is 18.6 Å². The molecular weight excluding hydrogens is 444 g/mol. The van der Waals surface area contributed by atoms with Crippen LogP contribution in [0.4, 0.5) is 0 Å². The van der Waals surface area contributed by atoms with Crippen LogP contribution >= 0.6 is 0 Å². The minimum atomic E-state index is 0.129. The molecule has 36 heavy (non-hydrogen) atoms. The first kappa shape index (κ1) is 23.9. The Morgan fingerprint density at radius 2 is 1.44 bits per heavy atom. The van der Waals surface area contributed by atoms with E-state index in [4.69, 9.17) is 14.5 Å². The molecule has 0 amide bonds. The van der Waals surface area contributed by atoms with Crippen LogP contribution in [0, 0.1) is 0 Å². The summed E-state index contributed by atoms with van der Waals surface area (Å²) in [6.45, 7) is 8.67. The molecule has 1 aromatic heterocycles. The van der Waals surface area contributed by atoms with Gasteiger partial charge in [-0.3, -0.25) is 0 Å². The lowest BCUT2D eigenvalue weighted by atomic mass is 9.87. The predicted octanol–water partition coefficient (Wildman–Crippen LogP) is 7.93. The number of nitrogens with zero attached hydrogens (tertiary/aromatic N) is 2. The molecule has 0 unspecified atom stereocenters. The normalized spacial score (nSPS) is 11.8. The van der Waals surface area contributed by atoms with Gasteiger partial charge >= 0.3 is 0 Å². The van der Waals surface area contributed by atoms with Gasteiger partial charge in [0.15, 0.2) is 0 Å². The van der Waals surface area contributed by atoms with Gasteiger partial charge in [-0.25, -0.2) is 4.98 Å². The average Bonchev–Trinajstić information content (AvgIpc) is 3.24. The van der Waals surface area contributed by atoms with E-state index < -0.39 is 0 Å². The summed E-state index contributed by atoms with van der Waals surface area (Å²) in [5.74, 6) is 2.74. The van der Waals surface area contributed by atoms with E-state index in [-0.39, 0.29) is 5.41 Å². The van der Waals surface area contributed by atoms with Crippen molar-refractivity contribution in [3.63, 3.8) is 0 Å². The van der Waals surface area contributed by atoms with E-state index in [9.17, 15) is 0 Å². The number of para-hydroxylation sites is 2. The zero-order valence-corrected chi connectivity index (χ0v) is 21.4. The Morgan fingerprint density at radius 1 is 0.722 bits per heavy atom. The van der Waals surface area contributed by atoms with Crippen LogP contribution in [-0.4, -0.2) is 16.2 Å². The quantitative estimate of drug-likeness (QED) is 0.202. The molecule has 5 aromatic rings. The van der Waals surface area contributed by atoms with Crippen molar-refractivity contribution < 1.29 is 9.47 Å². The average molecular weight is 479 g/mol. The Bertz CT molecular complexity index is 1450. The Balaban J connectivity index is 1.20. The number of imidazole rings is 1. The van der Waals surface area contributed by atoms with Gasteiger partial charge in [0.2, 0.25) is 0 Å². The number of hydrogen-bond acceptors (Lipinski definition) is 3. The van der Waals surface area contributed by atoms with E-state index in [0.29, 0.717) is 13.2 Å². The zero-order valence-electron chi connectivity index (χ0n) is 21.4. The first-order valence-electron chi connectivity index (χ1n) is 12.8. The second-order valence-corrected chi connectivity index (χ2v) is 10.3. The van der Waals surface area contributed by atoms with E-state index in [0.717, 1.165) is 47.7 Å². The predicted molar refractivity (Wildman–Crippen MR) is 148 cm³/mol. The molecule has 0 aliphatic heterocycles. The van der Waals surface area contributed by atoms with Crippen molar-refractivity contribution in [1.29, 1.82) is 0 Å². The van der Waals surface area contributed by atoms with E-state index in [1.54, 1.807) is 0 Å². The van der Waals surface area contributed by atoms with Crippen LogP contribution in [0.1, 0.15) is 45.0 Å². The third-order valence-electron chi connectivity index (χ3n) is 6.59. The number of aromatic nitrogens is 2. The molecule has 0 bridgehead atoms. The summed E-state index contributed by atoms with van der Waals surface area (Å²) in [5.41, 5.74) is 3.58. The van der Waals surface area contributed by atoms with Gasteiger partial charge in [-0.2, -0.15) is 0 Å². The summed E-state index contributed by atoms with van der Waals surface area (Å²) in [7, 11) is 0. The van der Waals surface area contributed by atoms with Gasteiger partial charge < -0.3 is 14.0 Å². The molecule has 0 saturated heterocycles. The van der Waals surface area contributed by atoms with Crippen molar-refractivity contribution >= 4 is 21.8 Å². The third-order valence-corrected chi connectivity index (χ3v) is 6.59. The second-order valence-electron chi connectivity index (χ2n) is 10.3. The SMILES string of the molecule is CC(C)(C)c1ccc(OCc2nc3ccccc3n2CCCCOc2ccc3ccccc3c2)cc1. The second kappa shape index (κ2) is 10.4. The number of fused-ring (bicyclic) bond motifs is 2. The molecule has 4 aromatic carbocycles. The van der Waals surface area contributed by atoms with Gasteiger partial charge in [0, 0.05) is 6.54 Å². The highest BCUT2D eigenvalue weighted by atomic mass is 16.5. The maximum absolute atomic E-state index is 6.14. The minimum Gasteiger partial charge on any atom is -0.494 e. The van der Waals surface area contributed by atoms with Crippen molar-refractivity contribution in [3.05, 3.63) is 102 Å². The molecule has 0 aliphatic rings. The minimum absolute atomic E-state index is 0.129. The molecule has 0 spiro atoms. The summed E-state index contributed by atoms with van der Waals surface area (Å²) < 4.78 is 14.5. The molecule has 5 rings (SSSR count). The van der Waals surface area contributed by atoms with Crippen LogP contribution in [0.15, 0.2) is 91.0 Å². The van der Waals surface area contributed by atoms with Crippen molar-refractivity contribution in [2.45, 2.75) is 52.2 Å². The molecule has 0 N–H and O–H groups in total. The summed E-state index contributed by atoms with van der Waals surface area (Å²) in [6.07, 6.45) is 1.97. The Hall–Kier alpha value is -3.79. The fourth-order valence-electron chi connectivity index (χ4n) is 4.50. The molecule has 184 valence electrons. The maximum Gasteiger partial charge on any atom is 0.147 e. The Morgan fingerprint density at radius 3 is 2.25 bits per heavy atom. The molecule has 0 atom stereocenters. The van der Waals surface area contributed by atoms with Gasteiger partial charge in [-0.1, -0.05) is 75.4 Å². The van der Waals surface area contributed by atoms with Crippen LogP contribution in [0.5, 0.6) is 11.5 Å². The van der Waals surface area contributed by atoms with Crippen LogP contribution < -0.4 is 9.47 Å². The van der Waals surface area contributed by atoms with Crippen molar-refractivity contribution in [2.75, 3.05) is 6.61 Å². The lowest BCUT2D eigenvalue weighted by Gasteiger charge is -2.19. The topological polar surface area (TPSA) is 36.3 Å². The number of benzene rings is 4. The van der Waals surface area contributed by atoms with Crippen LogP contribution in [0.2, 0.25) is 0 Å². The number of aryl methyl sites for hydroxylation is 1. The van der Waals surface area contributed by atoms with E-state index >= 15 is 0 Å². The number of rotatable bonds is 9. The maximum atomic E-state index is 6.14. The Kier molecular flexibility index (Phi) is 6.95. The lowest BCUT2D eigenvalue weighted by molar-refractivity contribution is 0.285. The molecule has 4 nitrogen and oxygen atoms in total. The first-order valence-corrected chi connectivity index (χ1v) is 12.8. The summed E-state index contributed by atoms with van der Waals surface area (Å²) >= 11 is 0. The molecule has 0 aliphatic carbocycles. The van der Waals surface area contributed by atoms with E-state index in [1.807, 2.05) is 6.07 Å². The molecule has 4 heteroatoms. The molecular formula is C32H34N2O2. The van der Waals surface area contributed by atoms with Crippen molar-refractivity contribution in [3.8, 4) is 11.5 Å². The lowest BCUT2D eigenvalue weighted by Crippen LogP contribution is -2.11. The molecule has 0 saturated carbocycles. The molecule has 0 radical (unpaired) electrons. The highest BCUT2D eigenvalue weighted by Crippen LogP contribution is 2.25. The van der Waals surface area contributed by atoms with E-state index in [2.05, 4.69) is 110 Å². The van der Waals surface area contributed by atoms with Crippen molar-refractivity contribution in [1.82, 2.24) is 9.55 Å². The smallest absolute Gasteiger partial charge is 0.147 e. The van der Waals surface area contributed by atoms with Gasteiger partial charge in [0.1, 0.15) is 23.9 Å². The van der Waals surface area contributed by atoms with E-state index in [1.165, 1.54) is 16.3 Å². The standard InChI is InChI=1S/C32H34N2O2/c1-32(2,3)26-15-18-27(19-16-26)36-23-31-33-29-12-6-7-13-30(29)34(31)20-8-9-21-35-28-17-14-24-10-4-5-11-25(24)22-28/h4-7,10-19,22H,8-9,20-21,23H2,1-3H3. The monoisotopic (exact) mass is 478 g/mol. The molecule has 1 heterocycles. The fourth-order valence-corrected chi connectivity index (χ4v) is 4.50. The van der Waals surface area contributed by atoms with Gasteiger partial charge in [0.25, 0.3) is 0 Å². The van der Waals surface area contributed by atoms with Gasteiger partial charge in [-0.05, 0) is 71.0 Å².